The summed E-state index contributed by atoms with van der Waals surface area (Å²) in [5.74, 6) is 2.28. The van der Waals surface area contributed by atoms with Crippen LogP contribution < -0.4 is 5.73 Å². The highest BCUT2D eigenvalue weighted by molar-refractivity contribution is 5.29. The Bertz CT molecular complexity index is 542. The summed E-state index contributed by atoms with van der Waals surface area (Å²) in [5, 5.41) is 8.00. The zero-order chi connectivity index (χ0) is 12.5. The Hall–Kier alpha value is -2.02. The predicted octanol–water partition coefficient (Wildman–Crippen LogP) is -0.0255. The molecule has 7 heteroatoms. The van der Waals surface area contributed by atoms with Crippen molar-refractivity contribution in [2.24, 2.45) is 0 Å². The van der Waals surface area contributed by atoms with Crippen molar-refractivity contribution in [2.45, 2.75) is 26.6 Å². The molecule has 0 bridgehead atoms. The lowest BCUT2D eigenvalue weighted by atomic mass is 10.3. The molecule has 1 aliphatic rings. The third-order valence-corrected chi connectivity index (χ3v) is 3.00. The highest BCUT2D eigenvalue weighted by atomic mass is 15.3. The van der Waals surface area contributed by atoms with Crippen molar-refractivity contribution in [3.63, 3.8) is 0 Å². The van der Waals surface area contributed by atoms with E-state index in [4.69, 9.17) is 5.73 Å². The van der Waals surface area contributed by atoms with E-state index in [0.717, 1.165) is 37.0 Å². The summed E-state index contributed by atoms with van der Waals surface area (Å²) in [4.78, 5) is 10.9. The van der Waals surface area contributed by atoms with Crippen molar-refractivity contribution in [1.29, 1.82) is 0 Å². The summed E-state index contributed by atoms with van der Waals surface area (Å²) in [6.45, 7) is 5.25. The standard InChI is InChI=1S/C11H15N7/c1-8-4-9(12)15-10(14-8)5-17-2-3-18-7-13-16-11(18)6-17/h4,7H,2-3,5-6H2,1H3,(H2,12,14,15). The zero-order valence-corrected chi connectivity index (χ0v) is 10.2. The highest BCUT2D eigenvalue weighted by Crippen LogP contribution is 2.12. The number of nitrogen functional groups attached to an aromatic ring is 1. The van der Waals surface area contributed by atoms with Crippen LogP contribution in [-0.4, -0.2) is 36.2 Å². The van der Waals surface area contributed by atoms with Gasteiger partial charge in [-0.3, -0.25) is 4.90 Å². The quantitative estimate of drug-likeness (QED) is 0.800. The Kier molecular flexibility index (Phi) is 2.67. The Balaban J connectivity index is 1.74. The summed E-state index contributed by atoms with van der Waals surface area (Å²) in [6, 6.07) is 1.77. The van der Waals surface area contributed by atoms with E-state index in [-0.39, 0.29) is 0 Å². The molecule has 2 aromatic heterocycles. The van der Waals surface area contributed by atoms with Gasteiger partial charge in [0.1, 0.15) is 23.8 Å². The van der Waals surface area contributed by atoms with Gasteiger partial charge >= 0.3 is 0 Å². The van der Waals surface area contributed by atoms with Crippen LogP contribution in [0.4, 0.5) is 5.82 Å². The van der Waals surface area contributed by atoms with E-state index in [9.17, 15) is 0 Å². The molecule has 2 N–H and O–H groups in total. The number of aryl methyl sites for hydroxylation is 1. The second-order valence-corrected chi connectivity index (χ2v) is 4.50. The molecule has 18 heavy (non-hydrogen) atoms. The van der Waals surface area contributed by atoms with Crippen LogP contribution in [0, 0.1) is 6.92 Å². The molecule has 94 valence electrons. The fourth-order valence-corrected chi connectivity index (χ4v) is 2.18. The van der Waals surface area contributed by atoms with Gasteiger partial charge < -0.3 is 10.3 Å². The summed E-state index contributed by atoms with van der Waals surface area (Å²) in [6.07, 6.45) is 1.77. The topological polar surface area (TPSA) is 85.8 Å². The first-order valence-electron chi connectivity index (χ1n) is 5.90. The van der Waals surface area contributed by atoms with Gasteiger partial charge in [0.2, 0.25) is 0 Å². The van der Waals surface area contributed by atoms with Crippen LogP contribution in [0.25, 0.3) is 0 Å². The second-order valence-electron chi connectivity index (χ2n) is 4.50. The monoisotopic (exact) mass is 245 g/mol. The van der Waals surface area contributed by atoms with Gasteiger partial charge in [-0.15, -0.1) is 10.2 Å². The minimum atomic E-state index is 0.526. The molecule has 0 radical (unpaired) electrons. The average molecular weight is 245 g/mol. The van der Waals surface area contributed by atoms with Crippen LogP contribution in [0.5, 0.6) is 0 Å². The number of rotatable bonds is 2. The van der Waals surface area contributed by atoms with Crippen LogP contribution in [-0.2, 0) is 19.6 Å². The van der Waals surface area contributed by atoms with Crippen LogP contribution in [0.15, 0.2) is 12.4 Å². The number of hydrogen-bond acceptors (Lipinski definition) is 6. The van der Waals surface area contributed by atoms with Crippen molar-refractivity contribution in [1.82, 2.24) is 29.6 Å². The first kappa shape index (κ1) is 11.1. The number of hydrogen-bond donors (Lipinski definition) is 1. The Morgan fingerprint density at radius 3 is 3.06 bits per heavy atom. The van der Waals surface area contributed by atoms with Gasteiger partial charge in [-0.05, 0) is 6.92 Å². The summed E-state index contributed by atoms with van der Waals surface area (Å²) in [7, 11) is 0. The lowest BCUT2D eigenvalue weighted by molar-refractivity contribution is 0.204. The normalized spacial score (nSPS) is 15.6. The van der Waals surface area contributed by atoms with Crippen molar-refractivity contribution in [2.75, 3.05) is 12.3 Å². The van der Waals surface area contributed by atoms with Crippen molar-refractivity contribution < 1.29 is 0 Å². The maximum absolute atomic E-state index is 5.73. The lowest BCUT2D eigenvalue weighted by Gasteiger charge is -2.26. The van der Waals surface area contributed by atoms with Crippen molar-refractivity contribution in [3.05, 3.63) is 29.7 Å². The van der Waals surface area contributed by atoms with Crippen LogP contribution >= 0.6 is 0 Å². The molecule has 0 amide bonds. The molecule has 0 spiro atoms. The van der Waals surface area contributed by atoms with Gasteiger partial charge in [-0.25, -0.2) is 9.97 Å². The van der Waals surface area contributed by atoms with E-state index in [1.54, 1.807) is 12.4 Å². The molecular weight excluding hydrogens is 230 g/mol. The molecule has 0 aliphatic carbocycles. The number of nitrogens with zero attached hydrogens (tertiary/aromatic N) is 6. The summed E-state index contributed by atoms with van der Waals surface area (Å²) in [5.41, 5.74) is 6.63. The molecule has 0 saturated heterocycles. The minimum Gasteiger partial charge on any atom is -0.384 e. The third kappa shape index (κ3) is 2.17. The predicted molar refractivity (Wildman–Crippen MR) is 65.3 cm³/mol. The van der Waals surface area contributed by atoms with E-state index in [1.807, 2.05) is 6.92 Å². The van der Waals surface area contributed by atoms with Crippen LogP contribution in [0.1, 0.15) is 17.3 Å². The molecule has 0 aromatic carbocycles. The fourth-order valence-electron chi connectivity index (χ4n) is 2.18. The lowest BCUT2D eigenvalue weighted by Crippen LogP contribution is -2.33. The number of nitrogens with two attached hydrogens (primary N) is 1. The zero-order valence-electron chi connectivity index (χ0n) is 10.2. The average Bonchev–Trinajstić information content (AvgIpc) is 2.74. The molecule has 7 nitrogen and oxygen atoms in total. The van der Waals surface area contributed by atoms with Crippen molar-refractivity contribution in [3.8, 4) is 0 Å². The van der Waals surface area contributed by atoms with Crippen LogP contribution in [0.2, 0.25) is 0 Å². The van der Waals surface area contributed by atoms with Gasteiger partial charge in [0.15, 0.2) is 0 Å². The second kappa shape index (κ2) is 4.34. The molecule has 3 rings (SSSR count). The third-order valence-electron chi connectivity index (χ3n) is 3.00. The maximum atomic E-state index is 5.73. The minimum absolute atomic E-state index is 0.526. The van der Waals surface area contributed by atoms with E-state index in [2.05, 4.69) is 29.6 Å². The molecule has 0 fully saturated rings. The van der Waals surface area contributed by atoms with E-state index >= 15 is 0 Å². The SMILES string of the molecule is Cc1cc(N)nc(CN2CCn3cnnc3C2)n1. The van der Waals surface area contributed by atoms with Crippen LogP contribution in [0.3, 0.4) is 0 Å². The highest BCUT2D eigenvalue weighted by Gasteiger charge is 2.18. The first-order chi connectivity index (χ1) is 8.70. The van der Waals surface area contributed by atoms with Gasteiger partial charge in [0.05, 0.1) is 13.1 Å². The van der Waals surface area contributed by atoms with E-state index in [1.165, 1.54) is 0 Å². The van der Waals surface area contributed by atoms with Gasteiger partial charge in [-0.2, -0.15) is 0 Å². The van der Waals surface area contributed by atoms with E-state index in [0.29, 0.717) is 12.4 Å². The number of aromatic nitrogens is 5. The molecule has 3 heterocycles. The Labute approximate surface area is 105 Å². The largest absolute Gasteiger partial charge is 0.384 e. The summed E-state index contributed by atoms with van der Waals surface area (Å²) >= 11 is 0. The fraction of sp³-hybridized carbons (Fsp3) is 0.455. The van der Waals surface area contributed by atoms with Gasteiger partial charge in [0.25, 0.3) is 0 Å². The van der Waals surface area contributed by atoms with Gasteiger partial charge in [-0.1, -0.05) is 0 Å². The van der Waals surface area contributed by atoms with Gasteiger partial charge in [0, 0.05) is 24.8 Å². The Morgan fingerprint density at radius 2 is 2.22 bits per heavy atom. The molecule has 0 atom stereocenters. The molecule has 0 unspecified atom stereocenters. The van der Waals surface area contributed by atoms with E-state index < -0.39 is 0 Å². The molecule has 1 aliphatic heterocycles. The first-order valence-corrected chi connectivity index (χ1v) is 5.90. The summed E-state index contributed by atoms with van der Waals surface area (Å²) < 4.78 is 2.07. The maximum Gasteiger partial charge on any atom is 0.147 e. The Morgan fingerprint density at radius 1 is 1.33 bits per heavy atom. The molecule has 2 aromatic rings. The number of fused-ring (bicyclic) bond motifs is 1. The number of anilines is 1. The smallest absolute Gasteiger partial charge is 0.147 e. The molecular formula is C11H15N7. The van der Waals surface area contributed by atoms with Crippen molar-refractivity contribution >= 4 is 5.82 Å². The molecule has 0 saturated carbocycles.